The quantitative estimate of drug-likeness (QED) is 0.680. The first-order valence-electron chi connectivity index (χ1n) is 5.44. The summed E-state index contributed by atoms with van der Waals surface area (Å²) >= 11 is 5.31. The highest BCUT2D eigenvalue weighted by atomic mass is 35.5. The molecule has 1 amide bonds. The fourth-order valence-corrected chi connectivity index (χ4v) is 1.64. The van der Waals surface area contributed by atoms with Crippen molar-refractivity contribution in [1.82, 2.24) is 9.97 Å². The van der Waals surface area contributed by atoms with Crippen molar-refractivity contribution in [2.24, 2.45) is 0 Å². The first-order valence-corrected chi connectivity index (χ1v) is 5.82. The van der Waals surface area contributed by atoms with Gasteiger partial charge in [0, 0.05) is 11.9 Å². The molecule has 0 unspecified atom stereocenters. The zero-order valence-electron chi connectivity index (χ0n) is 10.1. The molecule has 0 saturated heterocycles. The summed E-state index contributed by atoms with van der Waals surface area (Å²) in [5, 5.41) is 1.49. The molecule has 2 rings (SSSR count). The number of amides is 1. The van der Waals surface area contributed by atoms with Gasteiger partial charge in [0.05, 0.1) is 5.56 Å². The van der Waals surface area contributed by atoms with Gasteiger partial charge in [-0.1, -0.05) is 6.07 Å². The monoisotopic (exact) mass is 319 g/mol. The van der Waals surface area contributed by atoms with Crippen molar-refractivity contribution in [3.63, 3.8) is 0 Å². The standard InChI is InChI=1S/C12H6ClF4N3O/c13-11-18-5-8(9(20-11)12(15,16)17)10(21)19-7-3-1-2-6(14)4-7/h1-5H,(H,19,21). The minimum Gasteiger partial charge on any atom is -0.322 e. The van der Waals surface area contributed by atoms with Crippen molar-refractivity contribution in [3.05, 3.63) is 52.8 Å². The Bertz CT molecular complexity index is 690. The highest BCUT2D eigenvalue weighted by molar-refractivity contribution is 6.28. The molecule has 4 nitrogen and oxygen atoms in total. The fourth-order valence-electron chi connectivity index (χ4n) is 1.51. The van der Waals surface area contributed by atoms with Crippen molar-refractivity contribution >= 4 is 23.2 Å². The molecule has 0 spiro atoms. The molecule has 0 aliphatic carbocycles. The van der Waals surface area contributed by atoms with E-state index in [0.29, 0.717) is 6.20 Å². The Morgan fingerprint density at radius 2 is 2.00 bits per heavy atom. The van der Waals surface area contributed by atoms with E-state index in [1.54, 1.807) is 0 Å². The number of nitrogens with one attached hydrogen (secondary N) is 1. The molecule has 0 saturated carbocycles. The number of benzene rings is 1. The molecule has 0 aliphatic heterocycles. The average Bonchev–Trinajstić information content (AvgIpc) is 2.37. The maximum absolute atomic E-state index is 13.0. The summed E-state index contributed by atoms with van der Waals surface area (Å²) in [7, 11) is 0. The predicted molar refractivity (Wildman–Crippen MR) is 66.4 cm³/mol. The van der Waals surface area contributed by atoms with Crippen LogP contribution in [0.1, 0.15) is 16.1 Å². The summed E-state index contributed by atoms with van der Waals surface area (Å²) in [6.07, 6.45) is -4.21. The van der Waals surface area contributed by atoms with E-state index in [0.717, 1.165) is 12.1 Å². The third-order valence-electron chi connectivity index (χ3n) is 2.35. The Kier molecular flexibility index (Phi) is 4.08. The normalized spacial score (nSPS) is 11.3. The molecular formula is C12H6ClF4N3O. The highest BCUT2D eigenvalue weighted by Crippen LogP contribution is 2.31. The minimum atomic E-state index is -4.87. The third-order valence-corrected chi connectivity index (χ3v) is 2.54. The van der Waals surface area contributed by atoms with Gasteiger partial charge in [-0.25, -0.2) is 14.4 Å². The van der Waals surface area contributed by atoms with Crippen LogP contribution in [0.4, 0.5) is 23.2 Å². The van der Waals surface area contributed by atoms with Crippen molar-refractivity contribution in [1.29, 1.82) is 0 Å². The van der Waals surface area contributed by atoms with Crippen LogP contribution >= 0.6 is 11.6 Å². The second kappa shape index (κ2) is 5.65. The number of anilines is 1. The molecule has 21 heavy (non-hydrogen) atoms. The molecule has 0 radical (unpaired) electrons. The van der Waals surface area contributed by atoms with Crippen LogP contribution in [0.15, 0.2) is 30.5 Å². The maximum atomic E-state index is 13.0. The SMILES string of the molecule is O=C(Nc1cccc(F)c1)c1cnc(Cl)nc1C(F)(F)F. The van der Waals surface area contributed by atoms with Gasteiger partial charge in [0.2, 0.25) is 5.28 Å². The number of rotatable bonds is 2. The molecular weight excluding hydrogens is 314 g/mol. The van der Waals surface area contributed by atoms with Crippen LogP contribution in [0.5, 0.6) is 0 Å². The molecule has 9 heteroatoms. The maximum Gasteiger partial charge on any atom is 0.434 e. The van der Waals surface area contributed by atoms with E-state index < -0.39 is 34.4 Å². The lowest BCUT2D eigenvalue weighted by Gasteiger charge is -2.11. The number of hydrogen-bond acceptors (Lipinski definition) is 3. The van der Waals surface area contributed by atoms with Crippen LogP contribution in [0.25, 0.3) is 0 Å². The zero-order valence-corrected chi connectivity index (χ0v) is 10.8. The number of hydrogen-bond donors (Lipinski definition) is 1. The molecule has 110 valence electrons. The molecule has 1 heterocycles. The van der Waals surface area contributed by atoms with Crippen LogP contribution < -0.4 is 5.32 Å². The largest absolute Gasteiger partial charge is 0.434 e. The summed E-state index contributed by atoms with van der Waals surface area (Å²) in [6, 6.07) is 4.71. The van der Waals surface area contributed by atoms with E-state index in [2.05, 4.69) is 15.3 Å². The van der Waals surface area contributed by atoms with Crippen LogP contribution in [-0.4, -0.2) is 15.9 Å². The minimum absolute atomic E-state index is 0.00285. The predicted octanol–water partition coefficient (Wildman–Crippen LogP) is 3.54. The Morgan fingerprint density at radius 1 is 1.29 bits per heavy atom. The second-order valence-electron chi connectivity index (χ2n) is 3.86. The summed E-state index contributed by atoms with van der Waals surface area (Å²) in [4.78, 5) is 18.2. The van der Waals surface area contributed by atoms with Gasteiger partial charge < -0.3 is 5.32 Å². The first-order chi connectivity index (χ1) is 9.77. The third kappa shape index (κ3) is 3.66. The van der Waals surface area contributed by atoms with E-state index in [9.17, 15) is 22.4 Å². The first kappa shape index (κ1) is 15.2. The van der Waals surface area contributed by atoms with Gasteiger partial charge in [0.15, 0.2) is 5.69 Å². The van der Waals surface area contributed by atoms with E-state index in [1.165, 1.54) is 12.1 Å². The summed E-state index contributed by atoms with van der Waals surface area (Å²) in [5.74, 6) is -1.76. The topological polar surface area (TPSA) is 54.9 Å². The molecule has 2 aromatic rings. The number of aromatic nitrogens is 2. The van der Waals surface area contributed by atoms with Crippen molar-refractivity contribution in [2.45, 2.75) is 6.18 Å². The Labute approximate surface area is 120 Å². The van der Waals surface area contributed by atoms with Gasteiger partial charge in [-0.3, -0.25) is 4.79 Å². The van der Waals surface area contributed by atoms with E-state index >= 15 is 0 Å². The average molecular weight is 320 g/mol. The van der Waals surface area contributed by atoms with Crippen LogP contribution in [0.2, 0.25) is 5.28 Å². The lowest BCUT2D eigenvalue weighted by Crippen LogP contribution is -2.21. The number of alkyl halides is 3. The van der Waals surface area contributed by atoms with Gasteiger partial charge in [-0.2, -0.15) is 13.2 Å². The van der Waals surface area contributed by atoms with E-state index in [4.69, 9.17) is 11.6 Å². The number of nitrogens with zero attached hydrogens (tertiary/aromatic N) is 2. The van der Waals surface area contributed by atoms with Gasteiger partial charge in [-0.15, -0.1) is 0 Å². The van der Waals surface area contributed by atoms with Crippen molar-refractivity contribution in [3.8, 4) is 0 Å². The van der Waals surface area contributed by atoms with Crippen molar-refractivity contribution in [2.75, 3.05) is 5.32 Å². The number of carbonyl (C=O) groups is 1. The van der Waals surface area contributed by atoms with Gasteiger partial charge in [-0.05, 0) is 29.8 Å². The summed E-state index contributed by atoms with van der Waals surface area (Å²) in [6.45, 7) is 0. The van der Waals surface area contributed by atoms with Gasteiger partial charge in [0.1, 0.15) is 5.82 Å². The molecule has 0 bridgehead atoms. The highest BCUT2D eigenvalue weighted by Gasteiger charge is 2.38. The molecule has 0 atom stereocenters. The Morgan fingerprint density at radius 3 is 2.62 bits per heavy atom. The number of carbonyl (C=O) groups excluding carboxylic acids is 1. The molecule has 1 N–H and O–H groups in total. The summed E-state index contributed by atoms with van der Waals surface area (Å²) < 4.78 is 51.4. The lowest BCUT2D eigenvalue weighted by atomic mass is 10.2. The number of halogens is 5. The molecule has 1 aromatic heterocycles. The Hall–Kier alpha value is -2.22. The van der Waals surface area contributed by atoms with E-state index in [-0.39, 0.29) is 5.69 Å². The smallest absolute Gasteiger partial charge is 0.322 e. The molecule has 0 aliphatic rings. The van der Waals surface area contributed by atoms with Gasteiger partial charge in [0.25, 0.3) is 5.91 Å². The van der Waals surface area contributed by atoms with Crippen LogP contribution in [-0.2, 0) is 6.18 Å². The lowest BCUT2D eigenvalue weighted by molar-refractivity contribution is -0.141. The van der Waals surface area contributed by atoms with Crippen LogP contribution in [0, 0.1) is 5.82 Å². The Balaban J connectivity index is 2.35. The molecule has 1 aromatic carbocycles. The summed E-state index contributed by atoms with van der Waals surface area (Å²) in [5.41, 5.74) is -2.27. The van der Waals surface area contributed by atoms with Crippen LogP contribution in [0.3, 0.4) is 0 Å². The van der Waals surface area contributed by atoms with Gasteiger partial charge >= 0.3 is 6.18 Å². The van der Waals surface area contributed by atoms with Crippen molar-refractivity contribution < 1.29 is 22.4 Å². The zero-order chi connectivity index (χ0) is 15.6. The molecule has 0 fully saturated rings. The second-order valence-corrected chi connectivity index (χ2v) is 4.20. The fraction of sp³-hybridized carbons (Fsp3) is 0.0833. The van der Waals surface area contributed by atoms with E-state index in [1.807, 2.05) is 0 Å².